The molecule has 2 nitrogen and oxygen atoms in total. The molecule has 2 heteroatoms. The van der Waals surface area contributed by atoms with Crippen LogP contribution >= 0.6 is 0 Å². The van der Waals surface area contributed by atoms with E-state index in [1.807, 2.05) is 0 Å². The smallest absolute Gasteiger partial charge is 0.0335 e. The standard InChI is InChI=1S/C16H26N2/c1-2-18(13-15-9-5-3-6-10-15)16(14-17)11-7-4-8-12-16/h3,5-6,9-10H,2,4,7-8,11-14,17H2,1H3. The minimum atomic E-state index is 0.253. The summed E-state index contributed by atoms with van der Waals surface area (Å²) in [5, 5.41) is 0. The van der Waals surface area contributed by atoms with Crippen LogP contribution in [0.1, 0.15) is 44.6 Å². The van der Waals surface area contributed by atoms with Gasteiger partial charge in [0, 0.05) is 18.6 Å². The van der Waals surface area contributed by atoms with E-state index in [2.05, 4.69) is 42.2 Å². The van der Waals surface area contributed by atoms with E-state index in [0.717, 1.165) is 19.6 Å². The van der Waals surface area contributed by atoms with Gasteiger partial charge >= 0.3 is 0 Å². The normalized spacial score (nSPS) is 19.1. The Morgan fingerprint density at radius 1 is 1.11 bits per heavy atom. The highest BCUT2D eigenvalue weighted by Gasteiger charge is 2.35. The van der Waals surface area contributed by atoms with E-state index in [1.54, 1.807) is 0 Å². The molecule has 0 heterocycles. The Bertz CT molecular complexity index is 341. The van der Waals surface area contributed by atoms with Crippen molar-refractivity contribution in [3.63, 3.8) is 0 Å². The lowest BCUT2D eigenvalue weighted by Gasteiger charge is -2.45. The van der Waals surface area contributed by atoms with E-state index in [9.17, 15) is 0 Å². The Kier molecular flexibility index (Phi) is 4.79. The van der Waals surface area contributed by atoms with Crippen LogP contribution < -0.4 is 5.73 Å². The van der Waals surface area contributed by atoms with E-state index >= 15 is 0 Å². The average molecular weight is 246 g/mol. The summed E-state index contributed by atoms with van der Waals surface area (Å²) in [6.45, 7) is 5.18. The number of nitrogens with zero attached hydrogens (tertiary/aromatic N) is 1. The average Bonchev–Trinajstić information content (AvgIpc) is 2.46. The fourth-order valence-corrected chi connectivity index (χ4v) is 3.28. The number of likely N-dealkylation sites (N-methyl/N-ethyl adjacent to an activating group) is 1. The van der Waals surface area contributed by atoms with Crippen LogP contribution in [0.4, 0.5) is 0 Å². The highest BCUT2D eigenvalue weighted by atomic mass is 15.2. The zero-order valence-electron chi connectivity index (χ0n) is 11.6. The molecule has 1 fully saturated rings. The summed E-state index contributed by atoms with van der Waals surface area (Å²) in [7, 11) is 0. The summed E-state index contributed by atoms with van der Waals surface area (Å²) in [4.78, 5) is 2.60. The number of rotatable bonds is 5. The van der Waals surface area contributed by atoms with Crippen LogP contribution in [0, 0.1) is 0 Å². The molecule has 0 saturated heterocycles. The zero-order chi connectivity index (χ0) is 12.8. The zero-order valence-corrected chi connectivity index (χ0v) is 11.6. The largest absolute Gasteiger partial charge is 0.329 e. The van der Waals surface area contributed by atoms with Crippen molar-refractivity contribution >= 4 is 0 Å². The van der Waals surface area contributed by atoms with Crippen molar-refractivity contribution in [1.82, 2.24) is 4.90 Å². The first-order valence-corrected chi connectivity index (χ1v) is 7.30. The maximum Gasteiger partial charge on any atom is 0.0335 e. The second-order valence-electron chi connectivity index (χ2n) is 5.49. The van der Waals surface area contributed by atoms with Gasteiger partial charge < -0.3 is 5.73 Å². The second-order valence-corrected chi connectivity index (χ2v) is 5.49. The number of hydrogen-bond donors (Lipinski definition) is 1. The molecule has 0 aromatic heterocycles. The van der Waals surface area contributed by atoms with Gasteiger partial charge in [-0.25, -0.2) is 0 Å². The lowest BCUT2D eigenvalue weighted by atomic mass is 9.80. The van der Waals surface area contributed by atoms with Gasteiger partial charge in [-0.05, 0) is 24.9 Å². The summed E-state index contributed by atoms with van der Waals surface area (Å²) >= 11 is 0. The third-order valence-corrected chi connectivity index (χ3v) is 4.43. The Balaban J connectivity index is 2.11. The van der Waals surface area contributed by atoms with Crippen molar-refractivity contribution in [3.05, 3.63) is 35.9 Å². The SMILES string of the molecule is CCN(Cc1ccccc1)C1(CN)CCCCC1. The molecule has 0 radical (unpaired) electrons. The van der Waals surface area contributed by atoms with Gasteiger partial charge in [-0.2, -0.15) is 0 Å². The summed E-state index contributed by atoms with van der Waals surface area (Å²) in [6.07, 6.45) is 6.59. The summed E-state index contributed by atoms with van der Waals surface area (Å²) in [6, 6.07) is 10.8. The Labute approximate surface area is 111 Å². The number of hydrogen-bond acceptors (Lipinski definition) is 2. The van der Waals surface area contributed by atoms with Crippen LogP contribution in [0.5, 0.6) is 0 Å². The van der Waals surface area contributed by atoms with Crippen LogP contribution in [0.2, 0.25) is 0 Å². The van der Waals surface area contributed by atoms with Crippen LogP contribution in [-0.4, -0.2) is 23.5 Å². The molecule has 18 heavy (non-hydrogen) atoms. The maximum atomic E-state index is 6.13. The highest BCUT2D eigenvalue weighted by Crippen LogP contribution is 2.33. The fourth-order valence-electron chi connectivity index (χ4n) is 3.28. The van der Waals surface area contributed by atoms with Crippen molar-refractivity contribution in [2.45, 2.75) is 51.1 Å². The van der Waals surface area contributed by atoms with Gasteiger partial charge in [0.15, 0.2) is 0 Å². The minimum absolute atomic E-state index is 0.253. The van der Waals surface area contributed by atoms with Crippen LogP contribution in [0.15, 0.2) is 30.3 Å². The maximum absolute atomic E-state index is 6.13. The monoisotopic (exact) mass is 246 g/mol. The molecule has 2 rings (SSSR count). The van der Waals surface area contributed by atoms with Crippen molar-refractivity contribution in [1.29, 1.82) is 0 Å². The molecule has 0 bridgehead atoms. The van der Waals surface area contributed by atoms with Gasteiger partial charge in [0.25, 0.3) is 0 Å². The van der Waals surface area contributed by atoms with E-state index < -0.39 is 0 Å². The van der Waals surface area contributed by atoms with Crippen molar-refractivity contribution in [2.24, 2.45) is 5.73 Å². The highest BCUT2D eigenvalue weighted by molar-refractivity contribution is 5.15. The van der Waals surface area contributed by atoms with Gasteiger partial charge in [-0.3, -0.25) is 4.90 Å². The van der Waals surface area contributed by atoms with Crippen molar-refractivity contribution in [3.8, 4) is 0 Å². The lowest BCUT2D eigenvalue weighted by molar-refractivity contribution is 0.0546. The molecule has 1 saturated carbocycles. The molecular formula is C16H26N2. The molecule has 1 aliphatic carbocycles. The summed E-state index contributed by atoms with van der Waals surface area (Å²) < 4.78 is 0. The topological polar surface area (TPSA) is 29.3 Å². The first-order valence-electron chi connectivity index (χ1n) is 7.30. The number of nitrogens with two attached hydrogens (primary N) is 1. The molecular weight excluding hydrogens is 220 g/mol. The molecule has 1 aliphatic rings. The molecule has 0 amide bonds. The van der Waals surface area contributed by atoms with Gasteiger partial charge in [0.2, 0.25) is 0 Å². The van der Waals surface area contributed by atoms with Crippen LogP contribution in [0.3, 0.4) is 0 Å². The van der Waals surface area contributed by atoms with Crippen molar-refractivity contribution in [2.75, 3.05) is 13.1 Å². The quantitative estimate of drug-likeness (QED) is 0.864. The Hall–Kier alpha value is -0.860. The third kappa shape index (κ3) is 2.93. The molecule has 100 valence electrons. The first kappa shape index (κ1) is 13.6. The van der Waals surface area contributed by atoms with E-state index in [-0.39, 0.29) is 5.54 Å². The van der Waals surface area contributed by atoms with Crippen LogP contribution in [0.25, 0.3) is 0 Å². The molecule has 2 N–H and O–H groups in total. The third-order valence-electron chi connectivity index (χ3n) is 4.43. The predicted octanol–water partition coefficient (Wildman–Crippen LogP) is 3.17. The molecule has 0 spiro atoms. The molecule has 0 atom stereocenters. The molecule has 1 aromatic rings. The lowest BCUT2D eigenvalue weighted by Crippen LogP contribution is -2.54. The van der Waals surface area contributed by atoms with Crippen molar-refractivity contribution < 1.29 is 0 Å². The number of benzene rings is 1. The van der Waals surface area contributed by atoms with E-state index in [0.29, 0.717) is 0 Å². The Morgan fingerprint density at radius 2 is 1.78 bits per heavy atom. The van der Waals surface area contributed by atoms with Gasteiger partial charge in [-0.15, -0.1) is 0 Å². The van der Waals surface area contributed by atoms with E-state index in [1.165, 1.54) is 37.7 Å². The van der Waals surface area contributed by atoms with Crippen LogP contribution in [-0.2, 0) is 6.54 Å². The second kappa shape index (κ2) is 6.35. The van der Waals surface area contributed by atoms with E-state index in [4.69, 9.17) is 5.73 Å². The van der Waals surface area contributed by atoms with Gasteiger partial charge in [0.1, 0.15) is 0 Å². The molecule has 1 aromatic carbocycles. The van der Waals surface area contributed by atoms with Gasteiger partial charge in [0.05, 0.1) is 0 Å². The van der Waals surface area contributed by atoms with Gasteiger partial charge in [-0.1, -0.05) is 56.5 Å². The fraction of sp³-hybridized carbons (Fsp3) is 0.625. The first-order chi connectivity index (χ1) is 8.80. The Morgan fingerprint density at radius 3 is 2.33 bits per heavy atom. The summed E-state index contributed by atoms with van der Waals surface area (Å²) in [5.41, 5.74) is 7.78. The molecule has 0 unspecified atom stereocenters. The predicted molar refractivity (Wildman–Crippen MR) is 77.4 cm³/mol. The minimum Gasteiger partial charge on any atom is -0.329 e. The molecule has 0 aliphatic heterocycles. The summed E-state index contributed by atoms with van der Waals surface area (Å²) in [5.74, 6) is 0.